The number of hydrogen-bond donors (Lipinski definition) is 0. The molecule has 0 saturated heterocycles. The number of thiazole rings is 1. The predicted molar refractivity (Wildman–Crippen MR) is 81.5 cm³/mol. The second kappa shape index (κ2) is 6.35. The van der Waals surface area contributed by atoms with Gasteiger partial charge >= 0.3 is 5.97 Å². The summed E-state index contributed by atoms with van der Waals surface area (Å²) in [4.78, 5) is 22.2. The van der Waals surface area contributed by atoms with Gasteiger partial charge in [-0.15, -0.1) is 11.3 Å². The molecule has 4 nitrogen and oxygen atoms in total. The first-order chi connectivity index (χ1) is 10.3. The van der Waals surface area contributed by atoms with Crippen molar-refractivity contribution >= 4 is 17.3 Å². The van der Waals surface area contributed by atoms with Gasteiger partial charge in [0.1, 0.15) is 5.92 Å². The molecule has 0 saturated carbocycles. The zero-order valence-electron chi connectivity index (χ0n) is 12.0. The molecule has 1 aliphatic carbocycles. The summed E-state index contributed by atoms with van der Waals surface area (Å²) in [6.07, 6.45) is 7.32. The third-order valence-corrected chi connectivity index (χ3v) is 4.78. The summed E-state index contributed by atoms with van der Waals surface area (Å²) in [6, 6.07) is 3.99. The van der Waals surface area contributed by atoms with E-state index >= 15 is 0 Å². The van der Waals surface area contributed by atoms with Gasteiger partial charge < -0.3 is 4.74 Å². The maximum Gasteiger partial charge on any atom is 0.315 e. The number of hydrogen-bond acceptors (Lipinski definition) is 5. The van der Waals surface area contributed by atoms with Crippen LogP contribution < -0.4 is 0 Å². The normalized spacial score (nSPS) is 17.3. The monoisotopic (exact) mass is 302 g/mol. The Hall–Kier alpha value is -1.75. The molecule has 2 heterocycles. The molecule has 0 N–H and O–H groups in total. The third kappa shape index (κ3) is 3.13. The number of aromatic nitrogens is 2. The van der Waals surface area contributed by atoms with Gasteiger partial charge in [-0.3, -0.25) is 9.78 Å². The molecule has 0 fully saturated rings. The minimum atomic E-state index is -0.174. The number of nitrogens with zero attached hydrogens (tertiary/aromatic N) is 2. The van der Waals surface area contributed by atoms with Crippen molar-refractivity contribution in [3.63, 3.8) is 0 Å². The lowest BCUT2D eigenvalue weighted by Crippen LogP contribution is -2.20. The molecule has 5 heteroatoms. The van der Waals surface area contributed by atoms with E-state index in [0.717, 1.165) is 41.9 Å². The molecule has 1 atom stereocenters. The molecule has 21 heavy (non-hydrogen) atoms. The highest BCUT2D eigenvalue weighted by Crippen LogP contribution is 2.36. The first kappa shape index (κ1) is 14.2. The van der Waals surface area contributed by atoms with E-state index < -0.39 is 0 Å². The second-order valence-corrected chi connectivity index (χ2v) is 6.32. The molecule has 0 bridgehead atoms. The number of carbonyl (C=O) groups is 1. The minimum absolute atomic E-state index is 0.128. The van der Waals surface area contributed by atoms with Crippen molar-refractivity contribution < 1.29 is 9.53 Å². The summed E-state index contributed by atoms with van der Waals surface area (Å²) in [6.45, 7) is 2.27. The van der Waals surface area contributed by atoms with E-state index in [-0.39, 0.29) is 11.9 Å². The summed E-state index contributed by atoms with van der Waals surface area (Å²) in [5.41, 5.74) is 2.10. The van der Waals surface area contributed by atoms with Crippen LogP contribution in [0.5, 0.6) is 0 Å². The maximum atomic E-state index is 12.1. The molecular formula is C16H18N2O2S. The fourth-order valence-corrected chi connectivity index (χ4v) is 3.90. The third-order valence-electron chi connectivity index (χ3n) is 3.65. The number of fused-ring (bicyclic) bond motifs is 1. The van der Waals surface area contributed by atoms with Gasteiger partial charge in [-0.05, 0) is 37.8 Å². The molecule has 0 radical (unpaired) electrons. The van der Waals surface area contributed by atoms with Gasteiger partial charge in [0.05, 0.1) is 17.3 Å². The molecule has 0 aromatic carbocycles. The Kier molecular flexibility index (Phi) is 4.29. The van der Waals surface area contributed by atoms with Crippen LogP contribution in [0.2, 0.25) is 0 Å². The first-order valence-corrected chi connectivity index (χ1v) is 8.13. The number of rotatable bonds is 4. The molecule has 0 spiro atoms. The van der Waals surface area contributed by atoms with Crippen LogP contribution in [0.3, 0.4) is 0 Å². The quantitative estimate of drug-likeness (QED) is 0.814. The predicted octanol–water partition coefficient (Wildman–Crippen LogP) is 3.11. The Morgan fingerprint density at radius 1 is 1.52 bits per heavy atom. The number of pyridine rings is 1. The Morgan fingerprint density at radius 2 is 2.43 bits per heavy atom. The average molecular weight is 302 g/mol. The number of ether oxygens (including phenoxy) is 1. The lowest BCUT2D eigenvalue weighted by Gasteiger charge is -2.19. The van der Waals surface area contributed by atoms with Crippen molar-refractivity contribution in [3.05, 3.63) is 45.7 Å². The van der Waals surface area contributed by atoms with Crippen molar-refractivity contribution in [2.24, 2.45) is 0 Å². The Labute approximate surface area is 128 Å². The van der Waals surface area contributed by atoms with E-state index in [0.29, 0.717) is 6.61 Å². The van der Waals surface area contributed by atoms with Crippen LogP contribution in [0.1, 0.15) is 46.8 Å². The van der Waals surface area contributed by atoms with E-state index in [2.05, 4.69) is 11.1 Å². The molecule has 110 valence electrons. The van der Waals surface area contributed by atoms with E-state index in [1.54, 1.807) is 17.5 Å². The lowest BCUT2D eigenvalue weighted by molar-refractivity contribution is -0.145. The van der Waals surface area contributed by atoms with Gasteiger partial charge in [0.25, 0.3) is 0 Å². The maximum absolute atomic E-state index is 12.1. The summed E-state index contributed by atoms with van der Waals surface area (Å²) in [5.74, 6) is -0.302. The number of aryl methyl sites for hydroxylation is 1. The molecule has 2 aromatic heterocycles. The lowest BCUT2D eigenvalue weighted by atomic mass is 9.91. The van der Waals surface area contributed by atoms with E-state index in [4.69, 9.17) is 9.72 Å². The number of carbonyl (C=O) groups excluding carboxylic acids is 1. The Morgan fingerprint density at radius 3 is 3.19 bits per heavy atom. The van der Waals surface area contributed by atoms with Crippen LogP contribution in [0, 0.1) is 0 Å². The van der Waals surface area contributed by atoms with Crippen LogP contribution in [0.15, 0.2) is 24.5 Å². The van der Waals surface area contributed by atoms with Crippen LogP contribution in [0.25, 0.3) is 0 Å². The van der Waals surface area contributed by atoms with Crippen molar-refractivity contribution in [1.82, 2.24) is 9.97 Å². The number of esters is 1. The molecule has 3 rings (SSSR count). The van der Waals surface area contributed by atoms with Crippen molar-refractivity contribution in [1.29, 1.82) is 0 Å². The topological polar surface area (TPSA) is 52.1 Å². The van der Waals surface area contributed by atoms with Crippen LogP contribution in [-0.2, 0) is 22.4 Å². The van der Waals surface area contributed by atoms with Gasteiger partial charge in [0, 0.05) is 23.7 Å². The zero-order valence-corrected chi connectivity index (χ0v) is 12.9. The Balaban J connectivity index is 1.82. The smallest absolute Gasteiger partial charge is 0.315 e. The van der Waals surface area contributed by atoms with Crippen molar-refractivity contribution in [3.8, 4) is 0 Å². The first-order valence-electron chi connectivity index (χ1n) is 7.32. The Bertz CT molecular complexity index is 624. The molecule has 2 aromatic rings. The van der Waals surface area contributed by atoms with Crippen molar-refractivity contribution in [2.45, 2.75) is 38.5 Å². The molecule has 0 amide bonds. The van der Waals surface area contributed by atoms with E-state index in [1.807, 2.05) is 19.2 Å². The molecule has 1 unspecified atom stereocenters. The summed E-state index contributed by atoms with van der Waals surface area (Å²) in [5, 5.41) is 1.06. The summed E-state index contributed by atoms with van der Waals surface area (Å²) < 4.78 is 5.18. The van der Waals surface area contributed by atoms with E-state index in [1.165, 1.54) is 4.88 Å². The van der Waals surface area contributed by atoms with Crippen LogP contribution >= 0.6 is 11.3 Å². The average Bonchev–Trinajstić information content (AvgIpc) is 2.90. The molecule has 0 aliphatic heterocycles. The zero-order chi connectivity index (χ0) is 14.7. The van der Waals surface area contributed by atoms with E-state index in [9.17, 15) is 4.79 Å². The van der Waals surface area contributed by atoms with Gasteiger partial charge in [-0.2, -0.15) is 0 Å². The van der Waals surface area contributed by atoms with Gasteiger partial charge in [0.15, 0.2) is 0 Å². The summed E-state index contributed by atoms with van der Waals surface area (Å²) >= 11 is 1.72. The van der Waals surface area contributed by atoms with Gasteiger partial charge in [-0.25, -0.2) is 4.98 Å². The highest BCUT2D eigenvalue weighted by atomic mass is 32.1. The SMILES string of the molecule is CCOC(=O)C1CCCc2sc(Cc3cccnc3)nc21. The molecule has 1 aliphatic rings. The fraction of sp³-hybridized carbons (Fsp3) is 0.438. The van der Waals surface area contributed by atoms with Gasteiger partial charge in [-0.1, -0.05) is 6.07 Å². The second-order valence-electron chi connectivity index (χ2n) is 5.15. The van der Waals surface area contributed by atoms with Crippen molar-refractivity contribution in [2.75, 3.05) is 6.61 Å². The fourth-order valence-electron chi connectivity index (χ4n) is 2.69. The standard InChI is InChI=1S/C16H18N2O2S/c1-2-20-16(19)12-6-3-7-13-15(12)18-14(21-13)9-11-5-4-8-17-10-11/h4-5,8,10,12H,2-3,6-7,9H2,1H3. The van der Waals surface area contributed by atoms with Gasteiger partial charge in [0.2, 0.25) is 0 Å². The highest BCUT2D eigenvalue weighted by Gasteiger charge is 2.31. The largest absolute Gasteiger partial charge is 0.465 e. The molecular weight excluding hydrogens is 284 g/mol. The summed E-state index contributed by atoms with van der Waals surface area (Å²) in [7, 11) is 0. The highest BCUT2D eigenvalue weighted by molar-refractivity contribution is 7.11. The van der Waals surface area contributed by atoms with Crippen LogP contribution in [0.4, 0.5) is 0 Å². The minimum Gasteiger partial charge on any atom is -0.465 e. The van der Waals surface area contributed by atoms with Crippen LogP contribution in [-0.4, -0.2) is 22.5 Å².